The van der Waals surface area contributed by atoms with Crippen LogP contribution in [0.15, 0.2) is 47.8 Å². The van der Waals surface area contributed by atoms with Crippen molar-refractivity contribution in [3.05, 3.63) is 42.9 Å². The first-order chi connectivity index (χ1) is 6.02. The maximum absolute atomic E-state index is 12.1. The van der Waals surface area contributed by atoms with E-state index >= 15 is 0 Å². The van der Waals surface area contributed by atoms with Crippen molar-refractivity contribution in [2.45, 2.75) is 4.90 Å². The molecule has 0 N–H and O–H groups in total. The summed E-state index contributed by atoms with van der Waals surface area (Å²) >= 11 is 0. The molecule has 0 unspecified atom stereocenters. The fourth-order valence-electron chi connectivity index (χ4n) is 0.754. The zero-order valence-corrected chi connectivity index (χ0v) is 7.42. The Morgan fingerprint density at radius 1 is 1.31 bits per heavy atom. The lowest BCUT2D eigenvalue weighted by atomic mass is 10.4. The summed E-state index contributed by atoms with van der Waals surface area (Å²) in [5.74, 6) is 0. The highest BCUT2D eigenvalue weighted by Crippen LogP contribution is 2.14. The quantitative estimate of drug-likeness (QED) is 0.554. The van der Waals surface area contributed by atoms with Crippen molar-refractivity contribution in [3.8, 4) is 0 Å². The van der Waals surface area contributed by atoms with Gasteiger partial charge in [-0.3, -0.25) is 0 Å². The van der Waals surface area contributed by atoms with Crippen LogP contribution in [0, 0.1) is 0 Å². The highest BCUT2D eigenvalue weighted by atomic mass is 32.2. The second kappa shape index (κ2) is 3.57. The van der Waals surface area contributed by atoms with Crippen LogP contribution in [-0.2, 0) is 14.3 Å². The first kappa shape index (κ1) is 9.73. The Hall–Kier alpha value is -1.36. The minimum Gasteiger partial charge on any atom is -0.350 e. The van der Waals surface area contributed by atoms with Gasteiger partial charge in [-0.25, -0.2) is 0 Å². The number of benzene rings is 1. The average molecular weight is 202 g/mol. The molecule has 0 saturated carbocycles. The van der Waals surface area contributed by atoms with Crippen LogP contribution < -0.4 is 0 Å². The molecule has 0 saturated heterocycles. The molecular weight excluding hydrogens is 195 g/mol. The third-order valence-corrected chi connectivity index (χ3v) is 2.48. The highest BCUT2D eigenvalue weighted by Gasteiger charge is 2.15. The molecule has 13 heavy (non-hydrogen) atoms. The van der Waals surface area contributed by atoms with Gasteiger partial charge in [-0.1, -0.05) is 18.2 Å². The zero-order chi connectivity index (χ0) is 9.90. The lowest BCUT2D eigenvalue weighted by Gasteiger charge is -2.02. The van der Waals surface area contributed by atoms with Crippen LogP contribution in [0.3, 0.4) is 0 Å². The monoisotopic (exact) mass is 202 g/mol. The van der Waals surface area contributed by atoms with Crippen molar-refractivity contribution in [1.82, 2.24) is 0 Å². The molecule has 0 aliphatic heterocycles. The molecule has 0 amide bonds. The Labute approximate surface area is 75.6 Å². The van der Waals surface area contributed by atoms with Gasteiger partial charge in [0.2, 0.25) is 0 Å². The van der Waals surface area contributed by atoms with Crippen LogP contribution in [0.2, 0.25) is 0 Å². The normalized spacial score (nSPS) is 10.8. The van der Waals surface area contributed by atoms with Crippen LogP contribution in [0.25, 0.3) is 0 Å². The predicted molar refractivity (Wildman–Crippen MR) is 45.0 cm³/mol. The Kier molecular flexibility index (Phi) is 2.67. The second-order valence-electron chi connectivity index (χ2n) is 2.21. The molecule has 3 nitrogen and oxygen atoms in total. The summed E-state index contributed by atoms with van der Waals surface area (Å²) in [5.41, 5.74) is 0. The van der Waals surface area contributed by atoms with Crippen LogP contribution in [-0.4, -0.2) is 8.42 Å². The van der Waals surface area contributed by atoms with E-state index in [2.05, 4.69) is 10.8 Å². The Balaban J connectivity index is 3.02. The number of hydrogen-bond donors (Lipinski definition) is 0. The summed E-state index contributed by atoms with van der Waals surface area (Å²) in [6.07, 6.45) is 0. The third kappa shape index (κ3) is 2.55. The SMILES string of the molecule is C=C(F)OS(=O)(=O)c1ccccc1. The van der Waals surface area contributed by atoms with E-state index in [0.717, 1.165) is 0 Å². The van der Waals surface area contributed by atoms with E-state index in [4.69, 9.17) is 0 Å². The summed E-state index contributed by atoms with van der Waals surface area (Å²) in [6.45, 7) is 2.70. The molecule has 70 valence electrons. The molecule has 1 aromatic rings. The molecule has 0 bridgehead atoms. The molecule has 0 spiro atoms. The van der Waals surface area contributed by atoms with Crippen molar-refractivity contribution < 1.29 is 17.0 Å². The average Bonchev–Trinajstić information content (AvgIpc) is 2.04. The highest BCUT2D eigenvalue weighted by molar-refractivity contribution is 7.86. The standard InChI is InChI=1S/C8H7FO3S/c1-7(9)12-13(10,11)8-5-3-2-4-6-8/h2-6H,1H2. The number of halogens is 1. The molecule has 1 aromatic carbocycles. The van der Waals surface area contributed by atoms with Gasteiger partial charge >= 0.3 is 10.1 Å². The van der Waals surface area contributed by atoms with Crippen LogP contribution in [0.4, 0.5) is 4.39 Å². The third-order valence-electron chi connectivity index (χ3n) is 1.23. The van der Waals surface area contributed by atoms with Crippen molar-refractivity contribution >= 4 is 10.1 Å². The first-order valence-electron chi connectivity index (χ1n) is 3.36. The molecule has 0 heterocycles. The topological polar surface area (TPSA) is 43.4 Å². The second-order valence-corrected chi connectivity index (χ2v) is 3.75. The summed E-state index contributed by atoms with van der Waals surface area (Å²) in [5, 5.41) is 0. The summed E-state index contributed by atoms with van der Waals surface area (Å²) in [4.78, 5) is -0.103. The predicted octanol–water partition coefficient (Wildman–Crippen LogP) is 1.83. The van der Waals surface area contributed by atoms with E-state index in [1.807, 2.05) is 0 Å². The van der Waals surface area contributed by atoms with Gasteiger partial charge in [0.1, 0.15) is 4.90 Å². The minimum atomic E-state index is -4.03. The van der Waals surface area contributed by atoms with E-state index < -0.39 is 16.1 Å². The fourth-order valence-corrected chi connectivity index (χ4v) is 1.58. The molecule has 0 aliphatic carbocycles. The van der Waals surface area contributed by atoms with Gasteiger partial charge < -0.3 is 4.18 Å². The van der Waals surface area contributed by atoms with E-state index in [9.17, 15) is 12.8 Å². The maximum atomic E-state index is 12.1. The Bertz CT molecular complexity index is 397. The lowest BCUT2D eigenvalue weighted by Crippen LogP contribution is -2.03. The van der Waals surface area contributed by atoms with Gasteiger partial charge in [0.15, 0.2) is 0 Å². The summed E-state index contributed by atoms with van der Waals surface area (Å²) in [7, 11) is -4.03. The van der Waals surface area contributed by atoms with E-state index in [0.29, 0.717) is 0 Å². The summed E-state index contributed by atoms with van der Waals surface area (Å²) in [6, 6.07) is 5.93. The Morgan fingerprint density at radius 2 is 1.85 bits per heavy atom. The number of rotatable bonds is 3. The molecule has 0 radical (unpaired) electrons. The van der Waals surface area contributed by atoms with Gasteiger partial charge in [-0.2, -0.15) is 12.8 Å². The molecule has 0 atom stereocenters. The molecule has 0 aliphatic rings. The van der Waals surface area contributed by atoms with Crippen LogP contribution in [0.1, 0.15) is 0 Å². The van der Waals surface area contributed by atoms with Gasteiger partial charge in [0.25, 0.3) is 6.01 Å². The Morgan fingerprint density at radius 3 is 2.31 bits per heavy atom. The van der Waals surface area contributed by atoms with Crippen molar-refractivity contribution in [1.29, 1.82) is 0 Å². The van der Waals surface area contributed by atoms with Gasteiger partial charge in [-0.05, 0) is 18.7 Å². The van der Waals surface area contributed by atoms with Gasteiger partial charge in [-0.15, -0.1) is 0 Å². The van der Waals surface area contributed by atoms with E-state index in [1.54, 1.807) is 6.07 Å². The van der Waals surface area contributed by atoms with Crippen LogP contribution >= 0.6 is 0 Å². The van der Waals surface area contributed by atoms with E-state index in [-0.39, 0.29) is 4.90 Å². The molecule has 1 rings (SSSR count). The smallest absolute Gasteiger partial charge is 0.341 e. The van der Waals surface area contributed by atoms with Crippen molar-refractivity contribution in [3.63, 3.8) is 0 Å². The summed E-state index contributed by atoms with van der Waals surface area (Å²) < 4.78 is 38.3. The largest absolute Gasteiger partial charge is 0.350 e. The van der Waals surface area contributed by atoms with Gasteiger partial charge in [0.05, 0.1) is 0 Å². The molecular formula is C8H7FO3S. The molecule has 0 aromatic heterocycles. The van der Waals surface area contributed by atoms with Gasteiger partial charge in [0, 0.05) is 0 Å². The first-order valence-corrected chi connectivity index (χ1v) is 4.77. The zero-order valence-electron chi connectivity index (χ0n) is 6.60. The van der Waals surface area contributed by atoms with Crippen molar-refractivity contribution in [2.75, 3.05) is 0 Å². The number of hydrogen-bond acceptors (Lipinski definition) is 3. The molecule has 0 fully saturated rings. The van der Waals surface area contributed by atoms with E-state index in [1.165, 1.54) is 24.3 Å². The maximum Gasteiger partial charge on any atom is 0.341 e. The molecule has 5 heteroatoms. The minimum absolute atomic E-state index is 0.103. The van der Waals surface area contributed by atoms with Crippen molar-refractivity contribution in [2.24, 2.45) is 0 Å². The fraction of sp³-hybridized carbons (Fsp3) is 0. The lowest BCUT2D eigenvalue weighted by molar-refractivity contribution is 0.307. The van der Waals surface area contributed by atoms with Crippen LogP contribution in [0.5, 0.6) is 0 Å².